The molecule has 0 aromatic heterocycles. The number of methoxy groups -OCH3 is 1. The topological polar surface area (TPSA) is 52.6 Å². The summed E-state index contributed by atoms with van der Waals surface area (Å²) in [6, 6.07) is 2.90. The number of hydrogen-bond acceptors (Lipinski definition) is 4. The van der Waals surface area contributed by atoms with Gasteiger partial charge in [-0.05, 0) is 17.7 Å². The van der Waals surface area contributed by atoms with Gasteiger partial charge < -0.3 is 9.47 Å². The van der Waals surface area contributed by atoms with Gasteiger partial charge in [-0.1, -0.05) is 43.5 Å². The van der Waals surface area contributed by atoms with Crippen LogP contribution in [0.3, 0.4) is 0 Å². The number of carbonyl (C=O) groups is 2. The largest absolute Gasteiger partial charge is 0.465 e. The number of benzene rings is 1. The van der Waals surface area contributed by atoms with E-state index in [1.165, 1.54) is 26.2 Å². The highest BCUT2D eigenvalue weighted by Crippen LogP contribution is 2.38. The smallest absolute Gasteiger partial charge is 0.341 e. The van der Waals surface area contributed by atoms with E-state index in [2.05, 4.69) is 36.6 Å². The molecular formula is C11H9Br2ClO4. The summed E-state index contributed by atoms with van der Waals surface area (Å²) < 4.78 is 9.35. The fourth-order valence-electron chi connectivity index (χ4n) is 1.25. The molecule has 1 aromatic carbocycles. The van der Waals surface area contributed by atoms with Crippen LogP contribution in [0.1, 0.15) is 26.6 Å². The van der Waals surface area contributed by atoms with Crippen molar-refractivity contribution in [3.8, 4) is 5.75 Å². The van der Waals surface area contributed by atoms with Gasteiger partial charge in [-0.15, -0.1) is 0 Å². The molecule has 0 aliphatic heterocycles. The van der Waals surface area contributed by atoms with Gasteiger partial charge in [-0.25, -0.2) is 4.79 Å². The van der Waals surface area contributed by atoms with E-state index in [-0.39, 0.29) is 15.0 Å². The van der Waals surface area contributed by atoms with Crippen LogP contribution in [-0.2, 0) is 9.53 Å². The third-order valence-electron chi connectivity index (χ3n) is 1.99. The van der Waals surface area contributed by atoms with Crippen molar-refractivity contribution < 1.29 is 19.1 Å². The van der Waals surface area contributed by atoms with Crippen molar-refractivity contribution in [2.24, 2.45) is 0 Å². The summed E-state index contributed by atoms with van der Waals surface area (Å²) in [6.07, 6.45) is 0. The fourth-order valence-corrected chi connectivity index (χ4v) is 2.54. The van der Waals surface area contributed by atoms with E-state index in [1.807, 2.05) is 0 Å². The normalized spacial score (nSPS) is 10.3. The lowest BCUT2D eigenvalue weighted by atomic mass is 10.1. The third kappa shape index (κ3) is 3.70. The molecule has 0 fully saturated rings. The van der Waals surface area contributed by atoms with Gasteiger partial charge in [-0.3, -0.25) is 4.79 Å². The van der Waals surface area contributed by atoms with Crippen LogP contribution in [0.4, 0.5) is 0 Å². The van der Waals surface area contributed by atoms with Crippen LogP contribution in [0.15, 0.2) is 12.1 Å². The van der Waals surface area contributed by atoms with Gasteiger partial charge in [0, 0.05) is 11.9 Å². The first-order valence-electron chi connectivity index (χ1n) is 4.75. The van der Waals surface area contributed by atoms with Crippen LogP contribution in [0.5, 0.6) is 5.75 Å². The molecule has 4 nitrogen and oxygen atoms in total. The molecule has 0 saturated heterocycles. The number of ether oxygens (including phenoxy) is 2. The van der Waals surface area contributed by atoms with Gasteiger partial charge >= 0.3 is 11.9 Å². The van der Waals surface area contributed by atoms with E-state index >= 15 is 0 Å². The standard InChI is InChI=1S/C11H9Br2ClO4/c1-5(15)18-9-4-6(10(12)13)8(14)3-7(9)11(16)17-2/h3-4,10H,1-2H3. The zero-order valence-electron chi connectivity index (χ0n) is 9.50. The molecule has 1 rings (SSSR count). The zero-order valence-corrected chi connectivity index (χ0v) is 13.4. The van der Waals surface area contributed by atoms with Gasteiger partial charge in [0.1, 0.15) is 11.3 Å². The first kappa shape index (κ1) is 15.5. The second kappa shape index (κ2) is 6.54. The first-order valence-corrected chi connectivity index (χ1v) is 6.96. The second-order valence-corrected chi connectivity index (χ2v) is 6.72. The number of alkyl halides is 2. The molecule has 0 spiro atoms. The Labute approximate surface area is 126 Å². The van der Waals surface area contributed by atoms with Crippen molar-refractivity contribution in [1.82, 2.24) is 0 Å². The lowest BCUT2D eigenvalue weighted by Crippen LogP contribution is -2.09. The van der Waals surface area contributed by atoms with Crippen molar-refractivity contribution in [3.05, 3.63) is 28.3 Å². The fraction of sp³-hybridized carbons (Fsp3) is 0.273. The highest BCUT2D eigenvalue weighted by molar-refractivity contribution is 9.24. The molecule has 0 radical (unpaired) electrons. The summed E-state index contributed by atoms with van der Waals surface area (Å²) in [5.74, 6) is -1.05. The predicted molar refractivity (Wildman–Crippen MR) is 74.7 cm³/mol. The quantitative estimate of drug-likeness (QED) is 0.440. The third-order valence-corrected chi connectivity index (χ3v) is 3.31. The van der Waals surface area contributed by atoms with E-state index in [0.29, 0.717) is 10.6 Å². The maximum atomic E-state index is 11.6. The summed E-state index contributed by atoms with van der Waals surface area (Å²) in [6.45, 7) is 1.25. The SMILES string of the molecule is COC(=O)c1cc(Cl)c(C(Br)Br)cc1OC(C)=O. The van der Waals surface area contributed by atoms with E-state index in [0.717, 1.165) is 0 Å². The van der Waals surface area contributed by atoms with Crippen LogP contribution in [-0.4, -0.2) is 19.0 Å². The molecule has 0 atom stereocenters. The number of hydrogen-bond donors (Lipinski definition) is 0. The minimum atomic E-state index is -0.625. The maximum absolute atomic E-state index is 11.6. The van der Waals surface area contributed by atoms with Crippen LogP contribution in [0.2, 0.25) is 5.02 Å². The molecule has 7 heteroatoms. The highest BCUT2D eigenvalue weighted by Gasteiger charge is 2.20. The Morgan fingerprint density at radius 1 is 1.33 bits per heavy atom. The van der Waals surface area contributed by atoms with Crippen LogP contribution in [0.25, 0.3) is 0 Å². The summed E-state index contributed by atoms with van der Waals surface area (Å²) in [4.78, 5) is 22.6. The summed E-state index contributed by atoms with van der Waals surface area (Å²) in [7, 11) is 1.24. The first-order chi connectivity index (χ1) is 8.36. The zero-order chi connectivity index (χ0) is 13.9. The van der Waals surface area contributed by atoms with Gasteiger partial charge in [0.25, 0.3) is 0 Å². The Morgan fingerprint density at radius 3 is 2.39 bits per heavy atom. The van der Waals surface area contributed by atoms with Gasteiger partial charge in [-0.2, -0.15) is 0 Å². The molecule has 1 aromatic rings. The molecule has 18 heavy (non-hydrogen) atoms. The lowest BCUT2D eigenvalue weighted by molar-refractivity contribution is -0.131. The highest BCUT2D eigenvalue weighted by atomic mass is 79.9. The molecule has 0 aliphatic carbocycles. The van der Waals surface area contributed by atoms with Crippen LogP contribution in [0, 0.1) is 0 Å². The Morgan fingerprint density at radius 2 is 1.94 bits per heavy atom. The summed E-state index contributed by atoms with van der Waals surface area (Å²) in [5.41, 5.74) is 0.739. The Kier molecular flexibility index (Phi) is 5.62. The van der Waals surface area contributed by atoms with Crippen molar-refractivity contribution in [2.45, 2.75) is 10.7 Å². The molecule has 0 bridgehead atoms. The summed E-state index contributed by atoms with van der Waals surface area (Å²) >= 11 is 12.6. The Bertz CT molecular complexity index is 488. The minimum Gasteiger partial charge on any atom is -0.465 e. The predicted octanol–water partition coefficient (Wildman–Crippen LogP) is 3.84. The molecule has 0 aliphatic rings. The van der Waals surface area contributed by atoms with Gasteiger partial charge in [0.05, 0.1) is 10.8 Å². The van der Waals surface area contributed by atoms with Crippen molar-refractivity contribution in [2.75, 3.05) is 7.11 Å². The van der Waals surface area contributed by atoms with E-state index in [1.54, 1.807) is 0 Å². The van der Waals surface area contributed by atoms with E-state index in [9.17, 15) is 9.59 Å². The van der Waals surface area contributed by atoms with Crippen LogP contribution >= 0.6 is 43.5 Å². The van der Waals surface area contributed by atoms with Crippen molar-refractivity contribution >= 4 is 55.4 Å². The van der Waals surface area contributed by atoms with Crippen molar-refractivity contribution in [1.29, 1.82) is 0 Å². The minimum absolute atomic E-state index is 0.0992. The molecule has 0 N–H and O–H groups in total. The summed E-state index contributed by atoms with van der Waals surface area (Å²) in [5, 5.41) is 0.352. The molecule has 0 unspecified atom stereocenters. The molecule has 0 saturated carbocycles. The maximum Gasteiger partial charge on any atom is 0.341 e. The van der Waals surface area contributed by atoms with Gasteiger partial charge in [0.15, 0.2) is 0 Å². The average Bonchev–Trinajstić information content (AvgIpc) is 2.28. The second-order valence-electron chi connectivity index (χ2n) is 3.26. The molecular weight excluding hydrogens is 391 g/mol. The molecule has 0 heterocycles. The number of esters is 2. The molecule has 0 amide bonds. The van der Waals surface area contributed by atoms with E-state index in [4.69, 9.17) is 16.3 Å². The van der Waals surface area contributed by atoms with Crippen molar-refractivity contribution in [3.63, 3.8) is 0 Å². The number of carbonyl (C=O) groups excluding carboxylic acids is 2. The lowest BCUT2D eigenvalue weighted by Gasteiger charge is -2.12. The van der Waals surface area contributed by atoms with E-state index < -0.39 is 11.9 Å². The number of rotatable bonds is 3. The monoisotopic (exact) mass is 398 g/mol. The Balaban J connectivity index is 3.36. The van der Waals surface area contributed by atoms with Gasteiger partial charge in [0.2, 0.25) is 0 Å². The Hall–Kier alpha value is -0.590. The molecule has 98 valence electrons. The number of halogens is 3. The van der Waals surface area contributed by atoms with Crippen LogP contribution < -0.4 is 4.74 Å². The average molecular weight is 400 g/mol.